The Kier molecular flexibility index (Phi) is 4.40. The lowest BCUT2D eigenvalue weighted by molar-refractivity contribution is -0.141. The lowest BCUT2D eigenvalue weighted by atomic mass is 9.98. The molecule has 0 N–H and O–H groups in total. The number of halogens is 6. The number of amides is 1. The van der Waals surface area contributed by atoms with Gasteiger partial charge in [-0.1, -0.05) is 15.9 Å². The van der Waals surface area contributed by atoms with Gasteiger partial charge >= 0.3 is 12.8 Å². The molecule has 1 amide bonds. The van der Waals surface area contributed by atoms with Crippen LogP contribution in [0.4, 0.5) is 22.0 Å². The van der Waals surface area contributed by atoms with Crippen molar-refractivity contribution in [2.24, 2.45) is 0 Å². The van der Waals surface area contributed by atoms with E-state index < -0.39 is 31.0 Å². The van der Waals surface area contributed by atoms with E-state index in [1.165, 1.54) is 6.07 Å². The molecule has 2 rings (SSSR count). The molecule has 0 aliphatic carbocycles. The van der Waals surface area contributed by atoms with Crippen LogP contribution in [0.2, 0.25) is 0 Å². The van der Waals surface area contributed by atoms with E-state index in [0.29, 0.717) is 14.9 Å². The summed E-state index contributed by atoms with van der Waals surface area (Å²) in [7, 11) is 0. The summed E-state index contributed by atoms with van der Waals surface area (Å²) < 4.78 is 66.6. The van der Waals surface area contributed by atoms with Crippen molar-refractivity contribution >= 4 is 21.8 Å². The van der Waals surface area contributed by atoms with Gasteiger partial charge in [0.2, 0.25) is 0 Å². The fourth-order valence-electron chi connectivity index (χ4n) is 2.15. The van der Waals surface area contributed by atoms with E-state index in [1.807, 2.05) is 0 Å². The summed E-state index contributed by atoms with van der Waals surface area (Å²) in [5.41, 5.74) is 0.137. The van der Waals surface area contributed by atoms with Crippen LogP contribution in [0.15, 0.2) is 16.6 Å². The zero-order valence-electron chi connectivity index (χ0n) is 10.4. The number of hydrogen-bond donors (Lipinski definition) is 0. The fourth-order valence-corrected chi connectivity index (χ4v) is 2.63. The summed E-state index contributed by atoms with van der Waals surface area (Å²) in [5.74, 6) is -1.39. The number of rotatable bonds is 3. The molecule has 0 radical (unpaired) electrons. The number of ether oxygens (including phenoxy) is 1. The van der Waals surface area contributed by atoms with Crippen molar-refractivity contribution in [1.29, 1.82) is 0 Å². The van der Waals surface area contributed by atoms with Gasteiger partial charge in [-0.25, -0.2) is 0 Å². The Morgan fingerprint density at radius 3 is 2.57 bits per heavy atom. The first-order valence-corrected chi connectivity index (χ1v) is 6.60. The lowest BCUT2D eigenvalue weighted by Crippen LogP contribution is -2.43. The third-order valence-corrected chi connectivity index (χ3v) is 3.34. The maximum atomic E-state index is 12.4. The van der Waals surface area contributed by atoms with Crippen LogP contribution in [0, 0.1) is 0 Å². The predicted molar refractivity (Wildman–Crippen MR) is 66.4 cm³/mol. The minimum atomic E-state index is -4.55. The van der Waals surface area contributed by atoms with Crippen molar-refractivity contribution in [3.8, 4) is 5.75 Å². The fraction of sp³-hybridized carbons (Fsp3) is 0.417. The lowest BCUT2D eigenvalue weighted by Gasteiger charge is -2.30. The molecular formula is C12H9BrF5NO2. The maximum Gasteiger partial charge on any atom is 0.406 e. The zero-order chi connectivity index (χ0) is 15.8. The van der Waals surface area contributed by atoms with Crippen LogP contribution in [0.1, 0.15) is 15.9 Å². The van der Waals surface area contributed by atoms with Crippen molar-refractivity contribution in [2.45, 2.75) is 19.2 Å². The molecule has 0 bridgehead atoms. The average Bonchev–Trinajstić information content (AvgIpc) is 2.30. The molecule has 116 valence electrons. The topological polar surface area (TPSA) is 29.5 Å². The summed E-state index contributed by atoms with van der Waals surface area (Å²) in [6, 6.07) is 2.65. The second-order valence-electron chi connectivity index (χ2n) is 4.41. The van der Waals surface area contributed by atoms with E-state index >= 15 is 0 Å². The van der Waals surface area contributed by atoms with Crippen molar-refractivity contribution in [3.05, 3.63) is 27.7 Å². The minimum absolute atomic E-state index is 0.129. The molecule has 1 aliphatic rings. The van der Waals surface area contributed by atoms with Crippen LogP contribution >= 0.6 is 15.9 Å². The molecule has 0 saturated carbocycles. The van der Waals surface area contributed by atoms with Gasteiger partial charge in [0.1, 0.15) is 12.3 Å². The first-order chi connectivity index (χ1) is 9.67. The molecule has 0 atom stereocenters. The molecule has 0 saturated heterocycles. The first kappa shape index (κ1) is 16.0. The Hall–Kier alpha value is -1.38. The molecule has 0 spiro atoms. The molecule has 0 fully saturated rings. The molecular weight excluding hydrogens is 365 g/mol. The minimum Gasteiger partial charge on any atom is -0.434 e. The quantitative estimate of drug-likeness (QED) is 0.757. The van der Waals surface area contributed by atoms with Gasteiger partial charge in [0.05, 0.1) is 5.56 Å². The van der Waals surface area contributed by atoms with Gasteiger partial charge in [0.25, 0.3) is 5.91 Å². The smallest absolute Gasteiger partial charge is 0.406 e. The molecule has 3 nitrogen and oxygen atoms in total. The molecule has 1 aliphatic heterocycles. The summed E-state index contributed by atoms with van der Waals surface area (Å²) in [6.07, 6.45) is -4.41. The van der Waals surface area contributed by atoms with Gasteiger partial charge < -0.3 is 9.64 Å². The van der Waals surface area contributed by atoms with Gasteiger partial charge in [-0.2, -0.15) is 22.0 Å². The number of hydrogen-bond acceptors (Lipinski definition) is 2. The first-order valence-electron chi connectivity index (χ1n) is 5.80. The average molecular weight is 374 g/mol. The van der Waals surface area contributed by atoms with E-state index in [4.69, 9.17) is 0 Å². The number of alkyl halides is 5. The van der Waals surface area contributed by atoms with Gasteiger partial charge in [0, 0.05) is 11.0 Å². The highest BCUT2D eigenvalue weighted by Gasteiger charge is 2.37. The van der Waals surface area contributed by atoms with E-state index in [0.717, 1.165) is 6.07 Å². The summed E-state index contributed by atoms with van der Waals surface area (Å²) >= 11 is 3.09. The third kappa shape index (κ3) is 3.84. The van der Waals surface area contributed by atoms with Crippen LogP contribution < -0.4 is 4.74 Å². The standard InChI is InChI=1S/C12H9BrF5NO2/c13-7-3-6-1-2-19(5-12(16,17)18)10(20)9(6)8(4-7)21-11(14)15/h3-4,11H,1-2,5H2. The van der Waals surface area contributed by atoms with Crippen LogP contribution in [-0.4, -0.2) is 36.7 Å². The zero-order valence-corrected chi connectivity index (χ0v) is 12.0. The Bertz CT molecular complexity index is 561. The largest absolute Gasteiger partial charge is 0.434 e. The van der Waals surface area contributed by atoms with Crippen molar-refractivity contribution < 1.29 is 31.5 Å². The normalized spacial score (nSPS) is 15.4. The Morgan fingerprint density at radius 2 is 2.00 bits per heavy atom. The Balaban J connectivity index is 2.38. The van der Waals surface area contributed by atoms with E-state index in [2.05, 4.69) is 20.7 Å². The van der Waals surface area contributed by atoms with Gasteiger partial charge in [-0.05, 0) is 24.1 Å². The Labute approximate surface area is 124 Å². The van der Waals surface area contributed by atoms with E-state index in [9.17, 15) is 26.7 Å². The second kappa shape index (κ2) is 5.78. The molecule has 9 heteroatoms. The Morgan fingerprint density at radius 1 is 1.33 bits per heavy atom. The highest BCUT2D eigenvalue weighted by molar-refractivity contribution is 9.10. The summed E-state index contributed by atoms with van der Waals surface area (Å²) in [6.45, 7) is -4.72. The highest BCUT2D eigenvalue weighted by Crippen LogP contribution is 2.34. The number of nitrogens with zero attached hydrogens (tertiary/aromatic N) is 1. The van der Waals surface area contributed by atoms with E-state index in [-0.39, 0.29) is 18.5 Å². The monoisotopic (exact) mass is 373 g/mol. The number of carbonyl (C=O) groups is 1. The molecule has 1 aromatic carbocycles. The van der Waals surface area contributed by atoms with Crippen LogP contribution in [0.3, 0.4) is 0 Å². The molecule has 21 heavy (non-hydrogen) atoms. The van der Waals surface area contributed by atoms with Gasteiger partial charge in [0.15, 0.2) is 0 Å². The number of carbonyl (C=O) groups excluding carboxylic acids is 1. The molecule has 0 aromatic heterocycles. The number of benzene rings is 1. The maximum absolute atomic E-state index is 12.4. The molecule has 1 heterocycles. The van der Waals surface area contributed by atoms with E-state index in [1.54, 1.807) is 0 Å². The summed E-state index contributed by atoms with van der Waals surface area (Å²) in [4.78, 5) is 12.7. The SMILES string of the molecule is O=C1c2c(cc(Br)cc2OC(F)F)CCN1CC(F)(F)F. The molecule has 1 aromatic rings. The highest BCUT2D eigenvalue weighted by atomic mass is 79.9. The van der Waals surface area contributed by atoms with Gasteiger partial charge in [-0.15, -0.1) is 0 Å². The third-order valence-electron chi connectivity index (χ3n) is 2.89. The predicted octanol–water partition coefficient (Wildman–Crippen LogP) is 3.61. The van der Waals surface area contributed by atoms with Crippen LogP contribution in [0.5, 0.6) is 5.75 Å². The molecule has 0 unspecified atom stereocenters. The van der Waals surface area contributed by atoms with Gasteiger partial charge in [-0.3, -0.25) is 4.79 Å². The second-order valence-corrected chi connectivity index (χ2v) is 5.32. The van der Waals surface area contributed by atoms with Crippen molar-refractivity contribution in [1.82, 2.24) is 4.90 Å². The summed E-state index contributed by atoms with van der Waals surface area (Å²) in [5, 5.41) is 0. The number of fused-ring (bicyclic) bond motifs is 1. The van der Waals surface area contributed by atoms with Crippen molar-refractivity contribution in [3.63, 3.8) is 0 Å². The van der Waals surface area contributed by atoms with Crippen LogP contribution in [-0.2, 0) is 6.42 Å². The van der Waals surface area contributed by atoms with Crippen LogP contribution in [0.25, 0.3) is 0 Å². The van der Waals surface area contributed by atoms with Crippen molar-refractivity contribution in [2.75, 3.05) is 13.1 Å².